The molecule has 0 aliphatic carbocycles. The van der Waals surface area contributed by atoms with Gasteiger partial charge in [0.2, 0.25) is 11.8 Å². The van der Waals surface area contributed by atoms with E-state index in [1.54, 1.807) is 0 Å². The van der Waals surface area contributed by atoms with Crippen molar-refractivity contribution in [1.29, 1.82) is 0 Å². The molecule has 0 aliphatic heterocycles. The maximum Gasteiger partial charge on any atom is 0.325 e. The van der Waals surface area contributed by atoms with E-state index >= 15 is 0 Å². The van der Waals surface area contributed by atoms with Crippen LogP contribution in [0, 0.1) is 0 Å². The molecule has 3 N–H and O–H groups in total. The molecule has 0 spiro atoms. The predicted molar refractivity (Wildman–Crippen MR) is 53.0 cm³/mol. The summed E-state index contributed by atoms with van der Waals surface area (Å²) in [5, 5.41) is 13.1. The Bertz CT molecular complexity index is 288. The highest BCUT2D eigenvalue weighted by Crippen LogP contribution is 1.87. The smallest absolute Gasteiger partial charge is 0.325 e. The number of carboxylic acid groups (broad SMARTS) is 1. The highest BCUT2D eigenvalue weighted by Gasteiger charge is 2.19. The molecule has 84 valence electrons. The fraction of sp³-hybridized carbons (Fsp3) is 0.444. The Kier molecular flexibility index (Phi) is 5.08. The Morgan fingerprint density at radius 1 is 1.20 bits per heavy atom. The maximum atomic E-state index is 11.3. The van der Waals surface area contributed by atoms with Gasteiger partial charge in [-0.1, -0.05) is 6.58 Å². The van der Waals surface area contributed by atoms with E-state index in [2.05, 4.69) is 17.2 Å². The second-order valence-corrected chi connectivity index (χ2v) is 3.00. The van der Waals surface area contributed by atoms with Crippen molar-refractivity contribution in [3.63, 3.8) is 0 Å². The minimum atomic E-state index is -1.13. The summed E-state index contributed by atoms with van der Waals surface area (Å²) in [5.41, 5.74) is 0. The first kappa shape index (κ1) is 13.2. The van der Waals surface area contributed by atoms with E-state index in [4.69, 9.17) is 5.11 Å². The van der Waals surface area contributed by atoms with Crippen LogP contribution in [0.15, 0.2) is 12.7 Å². The monoisotopic (exact) mass is 214 g/mol. The largest absolute Gasteiger partial charge is 0.480 e. The van der Waals surface area contributed by atoms with E-state index in [1.165, 1.54) is 13.8 Å². The van der Waals surface area contributed by atoms with E-state index in [9.17, 15) is 14.4 Å². The van der Waals surface area contributed by atoms with Crippen molar-refractivity contribution >= 4 is 17.8 Å². The number of aliphatic carboxylic acids is 1. The van der Waals surface area contributed by atoms with Crippen LogP contribution in [0.4, 0.5) is 0 Å². The number of rotatable bonds is 5. The van der Waals surface area contributed by atoms with Gasteiger partial charge >= 0.3 is 5.97 Å². The normalized spacial score (nSPS) is 13.5. The predicted octanol–water partition coefficient (Wildman–Crippen LogP) is -0.734. The van der Waals surface area contributed by atoms with E-state index in [-0.39, 0.29) is 0 Å². The van der Waals surface area contributed by atoms with Crippen LogP contribution in [-0.2, 0) is 14.4 Å². The molecule has 0 bridgehead atoms. The number of hydrogen-bond donors (Lipinski definition) is 3. The van der Waals surface area contributed by atoms with Crippen molar-refractivity contribution < 1.29 is 19.5 Å². The minimum absolute atomic E-state index is 0.486. The third kappa shape index (κ3) is 4.80. The minimum Gasteiger partial charge on any atom is -0.480 e. The van der Waals surface area contributed by atoms with Crippen LogP contribution < -0.4 is 10.6 Å². The van der Waals surface area contributed by atoms with Gasteiger partial charge in [0.15, 0.2) is 0 Å². The highest BCUT2D eigenvalue weighted by molar-refractivity contribution is 5.93. The Labute approximate surface area is 87.3 Å². The lowest BCUT2D eigenvalue weighted by Crippen LogP contribution is -2.49. The third-order valence-electron chi connectivity index (χ3n) is 1.67. The van der Waals surface area contributed by atoms with E-state index < -0.39 is 29.9 Å². The lowest BCUT2D eigenvalue weighted by Gasteiger charge is -2.15. The quantitative estimate of drug-likeness (QED) is 0.525. The van der Waals surface area contributed by atoms with Gasteiger partial charge < -0.3 is 15.7 Å². The summed E-state index contributed by atoms with van der Waals surface area (Å²) in [6, 6.07) is -1.78. The summed E-state index contributed by atoms with van der Waals surface area (Å²) in [4.78, 5) is 32.5. The second kappa shape index (κ2) is 5.79. The van der Waals surface area contributed by atoms with Gasteiger partial charge in [-0.25, -0.2) is 0 Å². The van der Waals surface area contributed by atoms with Gasteiger partial charge in [0, 0.05) is 0 Å². The van der Waals surface area contributed by atoms with Crippen LogP contribution in [0.1, 0.15) is 13.8 Å². The first-order chi connectivity index (χ1) is 6.88. The van der Waals surface area contributed by atoms with Gasteiger partial charge in [-0.3, -0.25) is 14.4 Å². The lowest BCUT2D eigenvalue weighted by molar-refractivity contribution is -0.141. The van der Waals surface area contributed by atoms with Gasteiger partial charge in [0.05, 0.1) is 0 Å². The second-order valence-electron chi connectivity index (χ2n) is 3.00. The molecule has 0 aromatic carbocycles. The maximum absolute atomic E-state index is 11.3. The molecule has 6 heteroatoms. The van der Waals surface area contributed by atoms with Crippen molar-refractivity contribution in [2.45, 2.75) is 25.9 Å². The summed E-state index contributed by atoms with van der Waals surface area (Å²) in [7, 11) is 0. The summed E-state index contributed by atoms with van der Waals surface area (Å²) >= 11 is 0. The molecule has 0 saturated heterocycles. The van der Waals surface area contributed by atoms with E-state index in [1.807, 2.05) is 0 Å². The molecule has 15 heavy (non-hydrogen) atoms. The Hall–Kier alpha value is -1.85. The van der Waals surface area contributed by atoms with Gasteiger partial charge in [-0.05, 0) is 19.9 Å². The van der Waals surface area contributed by atoms with Crippen LogP contribution in [0.5, 0.6) is 0 Å². The highest BCUT2D eigenvalue weighted by atomic mass is 16.4. The molecule has 0 heterocycles. The number of carbonyl (C=O) groups is 3. The lowest BCUT2D eigenvalue weighted by atomic mass is 10.2. The van der Waals surface area contributed by atoms with Gasteiger partial charge in [0.25, 0.3) is 0 Å². The van der Waals surface area contributed by atoms with Crippen LogP contribution in [-0.4, -0.2) is 35.0 Å². The molecule has 0 fully saturated rings. The number of hydrogen-bond acceptors (Lipinski definition) is 3. The van der Waals surface area contributed by atoms with Crippen molar-refractivity contribution in [2.24, 2.45) is 0 Å². The van der Waals surface area contributed by atoms with Crippen LogP contribution >= 0.6 is 0 Å². The topological polar surface area (TPSA) is 95.5 Å². The van der Waals surface area contributed by atoms with Crippen LogP contribution in [0.3, 0.4) is 0 Å². The first-order valence-corrected chi connectivity index (χ1v) is 4.34. The van der Waals surface area contributed by atoms with Gasteiger partial charge in [-0.2, -0.15) is 0 Å². The molecule has 0 aliphatic rings. The number of amides is 2. The summed E-state index contributed by atoms with van der Waals surface area (Å²) in [6.45, 7) is 6.01. The summed E-state index contributed by atoms with van der Waals surface area (Å²) in [5.74, 6) is -2.17. The molecule has 2 amide bonds. The molecular weight excluding hydrogens is 200 g/mol. The molecule has 0 rings (SSSR count). The SMILES string of the molecule is C=CC(=O)NC(C)C(=O)N[C@@H](C)C(=O)O. The fourth-order valence-electron chi connectivity index (χ4n) is 0.738. The molecule has 2 atom stereocenters. The summed E-state index contributed by atoms with van der Waals surface area (Å²) in [6.07, 6.45) is 1.03. The first-order valence-electron chi connectivity index (χ1n) is 4.34. The zero-order valence-electron chi connectivity index (χ0n) is 8.61. The molecule has 0 aromatic heterocycles. The van der Waals surface area contributed by atoms with E-state index in [0.29, 0.717) is 0 Å². The Balaban J connectivity index is 4.15. The zero-order chi connectivity index (χ0) is 12.0. The van der Waals surface area contributed by atoms with E-state index in [0.717, 1.165) is 6.08 Å². The third-order valence-corrected chi connectivity index (χ3v) is 1.67. The van der Waals surface area contributed by atoms with Crippen molar-refractivity contribution in [3.8, 4) is 0 Å². The van der Waals surface area contributed by atoms with Gasteiger partial charge in [-0.15, -0.1) is 0 Å². The van der Waals surface area contributed by atoms with Crippen LogP contribution in [0.2, 0.25) is 0 Å². The average Bonchev–Trinajstić information content (AvgIpc) is 2.16. The fourth-order valence-corrected chi connectivity index (χ4v) is 0.738. The number of carboxylic acids is 1. The standard InChI is InChI=1S/C9H14N2O4/c1-4-7(12)10-5(2)8(13)11-6(3)9(14)15/h4-6H,1H2,2-3H3,(H,10,12)(H,11,13)(H,14,15)/t5?,6-/m0/s1. The molecule has 0 aromatic rings. The number of carbonyl (C=O) groups excluding carboxylic acids is 2. The molecule has 0 radical (unpaired) electrons. The van der Waals surface area contributed by atoms with Crippen molar-refractivity contribution in [3.05, 3.63) is 12.7 Å². The Morgan fingerprint density at radius 2 is 1.73 bits per heavy atom. The van der Waals surface area contributed by atoms with Crippen molar-refractivity contribution in [1.82, 2.24) is 10.6 Å². The molecular formula is C9H14N2O4. The van der Waals surface area contributed by atoms with Gasteiger partial charge in [0.1, 0.15) is 12.1 Å². The Morgan fingerprint density at radius 3 is 2.13 bits per heavy atom. The summed E-state index contributed by atoms with van der Waals surface area (Å²) < 4.78 is 0. The average molecular weight is 214 g/mol. The molecule has 6 nitrogen and oxygen atoms in total. The molecule has 0 saturated carbocycles. The van der Waals surface area contributed by atoms with Crippen LogP contribution in [0.25, 0.3) is 0 Å². The number of nitrogens with one attached hydrogen (secondary N) is 2. The van der Waals surface area contributed by atoms with Crippen molar-refractivity contribution in [2.75, 3.05) is 0 Å². The zero-order valence-corrected chi connectivity index (χ0v) is 8.61. The molecule has 1 unspecified atom stereocenters.